The first-order chi connectivity index (χ1) is 6.72. The predicted molar refractivity (Wildman–Crippen MR) is 53.0 cm³/mol. The topological polar surface area (TPSA) is 55.1 Å². The predicted octanol–water partition coefficient (Wildman–Crippen LogP) is 0.461. The van der Waals surface area contributed by atoms with Crippen molar-refractivity contribution in [2.24, 2.45) is 0 Å². The van der Waals surface area contributed by atoms with Gasteiger partial charge in [0.25, 0.3) is 5.78 Å². The lowest BCUT2D eigenvalue weighted by Crippen LogP contribution is -2.10. The Kier molecular flexibility index (Phi) is 2.17. The van der Waals surface area contributed by atoms with Gasteiger partial charge in [0.1, 0.15) is 0 Å². The van der Waals surface area contributed by atoms with Crippen molar-refractivity contribution in [3.8, 4) is 0 Å². The fourth-order valence-corrected chi connectivity index (χ4v) is 1.57. The molecule has 2 aromatic heterocycles. The second kappa shape index (κ2) is 3.34. The summed E-state index contributed by atoms with van der Waals surface area (Å²) in [6.07, 6.45) is 0. The van der Waals surface area contributed by atoms with Gasteiger partial charge in [-0.3, -0.25) is 4.40 Å². The van der Waals surface area contributed by atoms with Crippen molar-refractivity contribution in [3.63, 3.8) is 0 Å². The average molecular weight is 191 g/mol. The van der Waals surface area contributed by atoms with E-state index in [4.69, 9.17) is 0 Å². The molecular formula is C9H13N5. The van der Waals surface area contributed by atoms with E-state index >= 15 is 0 Å². The normalized spacial score (nSPS) is 11.1. The molecule has 2 rings (SSSR count). The number of rotatable bonds is 2. The molecule has 0 aliphatic rings. The SMILES string of the molecule is CNCc1nnc2nc(C)cc(C)n12. The van der Waals surface area contributed by atoms with Crippen molar-refractivity contribution in [3.05, 3.63) is 23.3 Å². The van der Waals surface area contributed by atoms with Crippen LogP contribution in [0.1, 0.15) is 17.2 Å². The third-order valence-electron chi connectivity index (χ3n) is 2.09. The van der Waals surface area contributed by atoms with Gasteiger partial charge in [0.2, 0.25) is 0 Å². The van der Waals surface area contributed by atoms with E-state index in [1.807, 2.05) is 31.4 Å². The van der Waals surface area contributed by atoms with Crippen LogP contribution in [0.3, 0.4) is 0 Å². The second-order valence-electron chi connectivity index (χ2n) is 3.32. The zero-order chi connectivity index (χ0) is 10.1. The lowest BCUT2D eigenvalue weighted by Gasteiger charge is -2.03. The van der Waals surface area contributed by atoms with E-state index < -0.39 is 0 Å². The first-order valence-corrected chi connectivity index (χ1v) is 4.55. The maximum absolute atomic E-state index is 4.30. The highest BCUT2D eigenvalue weighted by atomic mass is 15.3. The molecule has 5 nitrogen and oxygen atoms in total. The number of hydrogen-bond donors (Lipinski definition) is 1. The number of hydrogen-bond acceptors (Lipinski definition) is 4. The fraction of sp³-hybridized carbons (Fsp3) is 0.444. The van der Waals surface area contributed by atoms with Crippen molar-refractivity contribution < 1.29 is 0 Å². The van der Waals surface area contributed by atoms with Gasteiger partial charge in [-0.1, -0.05) is 0 Å². The largest absolute Gasteiger partial charge is 0.313 e. The van der Waals surface area contributed by atoms with Gasteiger partial charge in [-0.25, -0.2) is 4.98 Å². The second-order valence-corrected chi connectivity index (χ2v) is 3.32. The molecule has 0 spiro atoms. The van der Waals surface area contributed by atoms with Gasteiger partial charge < -0.3 is 5.32 Å². The molecule has 2 aromatic rings. The van der Waals surface area contributed by atoms with Crippen LogP contribution in [0, 0.1) is 13.8 Å². The van der Waals surface area contributed by atoms with Crippen LogP contribution in [0.2, 0.25) is 0 Å². The van der Waals surface area contributed by atoms with Gasteiger partial charge in [0.15, 0.2) is 5.82 Å². The molecule has 0 amide bonds. The molecule has 0 radical (unpaired) electrons. The number of nitrogens with zero attached hydrogens (tertiary/aromatic N) is 4. The first kappa shape index (κ1) is 9.08. The Morgan fingerprint density at radius 1 is 1.36 bits per heavy atom. The Bertz CT molecular complexity index is 459. The molecule has 0 fully saturated rings. The summed E-state index contributed by atoms with van der Waals surface area (Å²) >= 11 is 0. The minimum atomic E-state index is 0.674. The zero-order valence-electron chi connectivity index (χ0n) is 8.57. The number of fused-ring (bicyclic) bond motifs is 1. The summed E-state index contributed by atoms with van der Waals surface area (Å²) in [4.78, 5) is 4.30. The first-order valence-electron chi connectivity index (χ1n) is 4.55. The summed E-state index contributed by atoms with van der Waals surface area (Å²) in [5.74, 6) is 1.57. The fourth-order valence-electron chi connectivity index (χ4n) is 1.57. The van der Waals surface area contributed by atoms with Crippen LogP contribution in [0.4, 0.5) is 0 Å². The zero-order valence-corrected chi connectivity index (χ0v) is 8.57. The highest BCUT2D eigenvalue weighted by Gasteiger charge is 2.07. The van der Waals surface area contributed by atoms with Gasteiger partial charge in [-0.2, -0.15) is 0 Å². The lowest BCUT2D eigenvalue weighted by molar-refractivity contribution is 0.740. The highest BCUT2D eigenvalue weighted by Crippen LogP contribution is 2.07. The summed E-state index contributed by atoms with van der Waals surface area (Å²) in [7, 11) is 1.89. The molecule has 1 N–H and O–H groups in total. The van der Waals surface area contributed by atoms with Crippen molar-refractivity contribution in [2.75, 3.05) is 7.05 Å². The van der Waals surface area contributed by atoms with E-state index in [0.29, 0.717) is 12.3 Å². The summed E-state index contributed by atoms with van der Waals surface area (Å²) in [6.45, 7) is 4.69. The van der Waals surface area contributed by atoms with Crippen molar-refractivity contribution >= 4 is 5.78 Å². The van der Waals surface area contributed by atoms with E-state index in [1.165, 1.54) is 0 Å². The Labute approximate surface area is 82.2 Å². The van der Waals surface area contributed by atoms with E-state index in [2.05, 4.69) is 20.5 Å². The molecule has 0 unspecified atom stereocenters. The Balaban J connectivity index is 2.66. The summed E-state index contributed by atoms with van der Waals surface area (Å²) in [6, 6.07) is 2.02. The maximum atomic E-state index is 4.30. The highest BCUT2D eigenvalue weighted by molar-refractivity contribution is 5.32. The van der Waals surface area contributed by atoms with Crippen LogP contribution in [-0.4, -0.2) is 26.6 Å². The van der Waals surface area contributed by atoms with Crippen LogP contribution in [0.15, 0.2) is 6.07 Å². The van der Waals surface area contributed by atoms with Gasteiger partial charge in [-0.05, 0) is 27.0 Å². The van der Waals surface area contributed by atoms with Crippen LogP contribution in [0.25, 0.3) is 5.78 Å². The van der Waals surface area contributed by atoms with E-state index in [1.54, 1.807) is 0 Å². The molecule has 14 heavy (non-hydrogen) atoms. The molecule has 0 saturated carbocycles. The van der Waals surface area contributed by atoms with Crippen molar-refractivity contribution in [2.45, 2.75) is 20.4 Å². The maximum Gasteiger partial charge on any atom is 0.255 e. The minimum absolute atomic E-state index is 0.674. The number of aryl methyl sites for hydroxylation is 2. The van der Waals surface area contributed by atoms with Crippen molar-refractivity contribution in [1.82, 2.24) is 24.9 Å². The van der Waals surface area contributed by atoms with Gasteiger partial charge in [0.05, 0.1) is 6.54 Å². The van der Waals surface area contributed by atoms with E-state index in [-0.39, 0.29) is 0 Å². The van der Waals surface area contributed by atoms with Crippen LogP contribution in [-0.2, 0) is 6.54 Å². The third-order valence-corrected chi connectivity index (χ3v) is 2.09. The number of aromatic nitrogens is 4. The third kappa shape index (κ3) is 1.35. The Hall–Kier alpha value is -1.49. The van der Waals surface area contributed by atoms with E-state index in [0.717, 1.165) is 17.2 Å². The van der Waals surface area contributed by atoms with Gasteiger partial charge in [0, 0.05) is 11.4 Å². The molecule has 5 heteroatoms. The molecule has 2 heterocycles. The quantitative estimate of drug-likeness (QED) is 0.749. The molecule has 0 aliphatic carbocycles. The van der Waals surface area contributed by atoms with Crippen LogP contribution < -0.4 is 5.32 Å². The van der Waals surface area contributed by atoms with Crippen LogP contribution >= 0.6 is 0 Å². The lowest BCUT2D eigenvalue weighted by atomic mass is 10.3. The van der Waals surface area contributed by atoms with Crippen molar-refractivity contribution in [1.29, 1.82) is 0 Å². The minimum Gasteiger partial charge on any atom is -0.313 e. The Morgan fingerprint density at radius 2 is 2.14 bits per heavy atom. The van der Waals surface area contributed by atoms with Gasteiger partial charge in [-0.15, -0.1) is 10.2 Å². The summed E-state index contributed by atoms with van der Waals surface area (Å²) in [5, 5.41) is 11.1. The Morgan fingerprint density at radius 3 is 2.86 bits per heavy atom. The van der Waals surface area contributed by atoms with E-state index in [9.17, 15) is 0 Å². The molecule has 0 bridgehead atoms. The summed E-state index contributed by atoms with van der Waals surface area (Å²) in [5.41, 5.74) is 2.08. The average Bonchev–Trinajstić information content (AvgIpc) is 2.49. The standard InChI is InChI=1S/C9H13N5/c1-6-4-7(2)14-8(5-10-3)12-13-9(14)11-6/h4,10H,5H2,1-3H3. The summed E-state index contributed by atoms with van der Waals surface area (Å²) < 4.78 is 1.96. The number of nitrogens with one attached hydrogen (secondary N) is 1. The monoisotopic (exact) mass is 191 g/mol. The molecule has 0 aliphatic heterocycles. The smallest absolute Gasteiger partial charge is 0.255 e. The molecule has 74 valence electrons. The molecule has 0 atom stereocenters. The molecule has 0 aromatic carbocycles. The van der Waals surface area contributed by atoms with Crippen LogP contribution in [0.5, 0.6) is 0 Å². The molecular weight excluding hydrogens is 178 g/mol. The molecule has 0 saturated heterocycles. The van der Waals surface area contributed by atoms with Gasteiger partial charge >= 0.3 is 0 Å².